The van der Waals surface area contributed by atoms with Crippen molar-refractivity contribution in [3.63, 3.8) is 0 Å². The van der Waals surface area contributed by atoms with E-state index in [9.17, 15) is 18.9 Å². The standard InChI is InChI=1S/C39H43ClFN8O5P/c1-47(21-23-9-11-26-27(35(23)41)22-49(38(26)52)31-13-14-34(50)45-37(31)51)24-15-17-48(18-16-24)25-10-12-29(32(19-25)54-2)44-39-42-20-28(40)36(46-39)43-30-7-5-6-8-33(30)55(3,4)53/h5-12,19-20,24,31H,13-18,21-22H2,1-4H3,(H,45,50,51)(H2,42,43,44,46). The van der Waals surface area contributed by atoms with Crippen LogP contribution in [0, 0.1) is 5.82 Å². The molecule has 16 heteroatoms. The Labute approximate surface area is 324 Å². The third-order valence-corrected chi connectivity index (χ3v) is 12.3. The van der Waals surface area contributed by atoms with Crippen LogP contribution in [0.1, 0.15) is 47.2 Å². The quantitative estimate of drug-likeness (QED) is 0.124. The molecule has 1 atom stereocenters. The number of carbonyl (C=O) groups excluding carboxylic acids is 3. The summed E-state index contributed by atoms with van der Waals surface area (Å²) >= 11 is 6.45. The van der Waals surface area contributed by atoms with E-state index in [-0.39, 0.29) is 42.8 Å². The fourth-order valence-corrected chi connectivity index (χ4v) is 8.82. The predicted molar refractivity (Wildman–Crippen MR) is 211 cm³/mol. The number of methoxy groups -OCH3 is 1. The molecule has 55 heavy (non-hydrogen) atoms. The molecule has 3 aromatic carbocycles. The lowest BCUT2D eigenvalue weighted by Crippen LogP contribution is -2.52. The Bertz CT molecular complexity index is 2210. The zero-order valence-corrected chi connectivity index (χ0v) is 32.7. The number of piperidine rings is 2. The maximum Gasteiger partial charge on any atom is 0.255 e. The van der Waals surface area contributed by atoms with Crippen LogP contribution in [0.2, 0.25) is 5.02 Å². The SMILES string of the molecule is COc1cc(N2CCC(N(C)Cc3ccc4c(c3F)CN(C3CCC(=O)NC3=O)C4=O)CC2)ccc1Nc1ncc(Cl)c(Nc2ccccc2P(C)(C)=O)n1. The second-order valence-corrected chi connectivity index (χ2v) is 18.1. The average Bonchev–Trinajstić information content (AvgIpc) is 3.50. The first-order valence-electron chi connectivity index (χ1n) is 18.1. The van der Waals surface area contributed by atoms with Gasteiger partial charge in [0.1, 0.15) is 29.8 Å². The van der Waals surface area contributed by atoms with E-state index in [0.29, 0.717) is 56.9 Å². The molecule has 1 unspecified atom stereocenters. The number of carbonyl (C=O) groups is 3. The molecule has 0 bridgehead atoms. The number of anilines is 5. The van der Waals surface area contributed by atoms with E-state index in [1.54, 1.807) is 32.6 Å². The van der Waals surface area contributed by atoms with Gasteiger partial charge in [-0.05, 0) is 70.0 Å². The van der Waals surface area contributed by atoms with Gasteiger partial charge in [-0.25, -0.2) is 9.37 Å². The molecule has 3 aliphatic heterocycles. The molecule has 4 heterocycles. The maximum atomic E-state index is 15.9. The predicted octanol–water partition coefficient (Wildman–Crippen LogP) is 5.87. The van der Waals surface area contributed by atoms with E-state index in [1.165, 1.54) is 11.1 Å². The van der Waals surface area contributed by atoms with Crippen LogP contribution in [0.3, 0.4) is 0 Å². The molecule has 3 aliphatic rings. The molecule has 13 nitrogen and oxygen atoms in total. The number of nitrogens with zero attached hydrogens (tertiary/aromatic N) is 5. The number of aromatic nitrogens is 2. The van der Waals surface area contributed by atoms with Gasteiger partial charge in [0.15, 0.2) is 5.82 Å². The Morgan fingerprint density at radius 3 is 2.53 bits per heavy atom. The van der Waals surface area contributed by atoms with Gasteiger partial charge in [0.05, 0.1) is 31.2 Å². The molecule has 0 radical (unpaired) electrons. The highest BCUT2D eigenvalue weighted by atomic mass is 35.5. The molecule has 4 aromatic rings. The number of fused-ring (bicyclic) bond motifs is 1. The van der Waals surface area contributed by atoms with Crippen molar-refractivity contribution in [2.24, 2.45) is 0 Å². The Hall–Kier alpha value is -5.04. The summed E-state index contributed by atoms with van der Waals surface area (Å²) in [6.07, 6.45) is 3.59. The summed E-state index contributed by atoms with van der Waals surface area (Å²) in [5.41, 5.74) is 3.39. The van der Waals surface area contributed by atoms with E-state index in [0.717, 1.165) is 31.6 Å². The monoisotopic (exact) mass is 788 g/mol. The zero-order valence-electron chi connectivity index (χ0n) is 31.1. The van der Waals surface area contributed by atoms with Crippen LogP contribution in [0.15, 0.2) is 60.8 Å². The molecule has 288 valence electrons. The van der Waals surface area contributed by atoms with Crippen molar-refractivity contribution in [1.82, 2.24) is 25.1 Å². The fourth-order valence-electron chi connectivity index (χ4n) is 7.53. The third-order valence-electron chi connectivity index (χ3n) is 10.5. The molecular formula is C39H43ClFN8O5P. The Morgan fingerprint density at radius 1 is 1.04 bits per heavy atom. The van der Waals surface area contributed by atoms with Crippen molar-refractivity contribution in [3.05, 3.63) is 88.3 Å². The van der Waals surface area contributed by atoms with Gasteiger partial charge in [0.25, 0.3) is 5.91 Å². The number of imide groups is 1. The van der Waals surface area contributed by atoms with Crippen LogP contribution in [0.25, 0.3) is 0 Å². The second-order valence-electron chi connectivity index (χ2n) is 14.5. The highest BCUT2D eigenvalue weighted by molar-refractivity contribution is 7.70. The van der Waals surface area contributed by atoms with Crippen LogP contribution in [-0.4, -0.2) is 90.1 Å². The van der Waals surface area contributed by atoms with Crippen LogP contribution < -0.4 is 30.9 Å². The van der Waals surface area contributed by atoms with E-state index < -0.39 is 24.9 Å². The molecule has 0 saturated carbocycles. The minimum absolute atomic E-state index is 0.00302. The topological polar surface area (TPSA) is 149 Å². The largest absolute Gasteiger partial charge is 0.494 e. The Balaban J connectivity index is 0.969. The molecule has 0 spiro atoms. The summed E-state index contributed by atoms with van der Waals surface area (Å²) < 4.78 is 34.5. The Kier molecular flexibility index (Phi) is 10.8. The second kappa shape index (κ2) is 15.6. The fraction of sp³-hybridized carbons (Fsp3) is 0.359. The van der Waals surface area contributed by atoms with Gasteiger partial charge in [0, 0.05) is 65.8 Å². The highest BCUT2D eigenvalue weighted by Crippen LogP contribution is 2.39. The van der Waals surface area contributed by atoms with E-state index in [4.69, 9.17) is 16.3 Å². The van der Waals surface area contributed by atoms with Crippen molar-refractivity contribution in [3.8, 4) is 5.75 Å². The smallest absolute Gasteiger partial charge is 0.255 e. The molecular weight excluding hydrogens is 746 g/mol. The highest BCUT2D eigenvalue weighted by Gasteiger charge is 2.40. The summed E-state index contributed by atoms with van der Waals surface area (Å²) in [4.78, 5) is 51.9. The van der Waals surface area contributed by atoms with Gasteiger partial charge >= 0.3 is 0 Å². The van der Waals surface area contributed by atoms with Gasteiger partial charge in [-0.2, -0.15) is 4.98 Å². The summed E-state index contributed by atoms with van der Waals surface area (Å²) in [6, 6.07) is 16.0. The first-order chi connectivity index (χ1) is 26.3. The number of amides is 3. The molecule has 3 N–H and O–H groups in total. The van der Waals surface area contributed by atoms with Gasteiger partial charge < -0.3 is 29.7 Å². The van der Waals surface area contributed by atoms with Crippen LogP contribution >= 0.6 is 18.7 Å². The molecule has 2 fully saturated rings. The number of ether oxygens (including phenoxy) is 1. The molecule has 1 aromatic heterocycles. The van der Waals surface area contributed by atoms with Crippen LogP contribution in [-0.2, 0) is 27.2 Å². The summed E-state index contributed by atoms with van der Waals surface area (Å²) in [6.45, 7) is 5.37. The summed E-state index contributed by atoms with van der Waals surface area (Å²) in [7, 11) is 1.02. The number of benzene rings is 3. The summed E-state index contributed by atoms with van der Waals surface area (Å²) in [5, 5.41) is 9.74. The molecule has 7 rings (SSSR count). The van der Waals surface area contributed by atoms with Gasteiger partial charge in [-0.1, -0.05) is 29.8 Å². The van der Waals surface area contributed by atoms with Gasteiger partial charge in [0.2, 0.25) is 17.8 Å². The van der Waals surface area contributed by atoms with Crippen molar-refractivity contribution in [2.45, 2.75) is 50.9 Å². The lowest BCUT2D eigenvalue weighted by Gasteiger charge is -2.38. The van der Waals surface area contributed by atoms with Crippen LogP contribution in [0.5, 0.6) is 5.75 Å². The average molecular weight is 789 g/mol. The Morgan fingerprint density at radius 2 is 1.80 bits per heavy atom. The van der Waals surface area contributed by atoms with Gasteiger partial charge in [-0.3, -0.25) is 24.6 Å². The van der Waals surface area contributed by atoms with Crippen molar-refractivity contribution in [1.29, 1.82) is 0 Å². The lowest BCUT2D eigenvalue weighted by atomic mass is 10.0. The lowest BCUT2D eigenvalue weighted by molar-refractivity contribution is -0.136. The minimum atomic E-state index is -2.57. The van der Waals surface area contributed by atoms with E-state index in [2.05, 4.69) is 35.7 Å². The van der Waals surface area contributed by atoms with Crippen LogP contribution in [0.4, 0.5) is 33.2 Å². The molecule has 2 saturated heterocycles. The number of nitrogens with one attached hydrogen (secondary N) is 3. The zero-order chi connectivity index (χ0) is 39.0. The third kappa shape index (κ3) is 8.03. The number of hydrogen-bond acceptors (Lipinski definition) is 11. The first kappa shape index (κ1) is 38.2. The summed E-state index contributed by atoms with van der Waals surface area (Å²) in [5.74, 6) is -0.412. The number of hydrogen-bond donors (Lipinski definition) is 3. The van der Waals surface area contributed by atoms with Gasteiger partial charge in [-0.15, -0.1) is 0 Å². The normalized spacial score (nSPS) is 17.7. The molecule has 3 amide bonds. The maximum absolute atomic E-state index is 15.9. The number of para-hydroxylation sites is 1. The first-order valence-corrected chi connectivity index (χ1v) is 21.1. The number of halogens is 2. The van der Waals surface area contributed by atoms with Crippen molar-refractivity contribution in [2.75, 3.05) is 56.1 Å². The van der Waals surface area contributed by atoms with E-state index in [1.807, 2.05) is 49.5 Å². The van der Waals surface area contributed by atoms with Crippen molar-refractivity contribution >= 4 is 70.6 Å². The number of rotatable bonds is 11. The van der Waals surface area contributed by atoms with Crippen molar-refractivity contribution < 1.29 is 28.1 Å². The van der Waals surface area contributed by atoms with E-state index >= 15 is 4.39 Å². The molecule has 0 aliphatic carbocycles. The minimum Gasteiger partial charge on any atom is -0.494 e.